The van der Waals surface area contributed by atoms with Gasteiger partial charge in [-0.25, -0.2) is 0 Å². The third kappa shape index (κ3) is 1.89. The quantitative estimate of drug-likeness (QED) is 0.349. The predicted molar refractivity (Wildman–Crippen MR) is 55.8 cm³/mol. The zero-order valence-electron chi connectivity index (χ0n) is 8.10. The van der Waals surface area contributed by atoms with Crippen LogP contribution in [-0.4, -0.2) is 27.1 Å². The van der Waals surface area contributed by atoms with Crippen molar-refractivity contribution in [2.75, 3.05) is 6.61 Å². The second-order valence-corrected chi connectivity index (χ2v) is 5.09. The van der Waals surface area contributed by atoms with Gasteiger partial charge in [-0.3, -0.25) is 0 Å². The van der Waals surface area contributed by atoms with E-state index in [1.54, 1.807) is 19.1 Å². The van der Waals surface area contributed by atoms with E-state index in [-0.39, 0.29) is 20.5 Å². The van der Waals surface area contributed by atoms with Gasteiger partial charge >= 0.3 is 92.1 Å². The summed E-state index contributed by atoms with van der Waals surface area (Å²) in [5.41, 5.74) is 0. The molecule has 5 heteroatoms. The number of carbonyl (C=O) groups excluding carboxylic acids is 1. The molecule has 0 N–H and O–H groups in total. The van der Waals surface area contributed by atoms with Gasteiger partial charge in [-0.2, -0.15) is 0 Å². The van der Waals surface area contributed by atoms with Crippen molar-refractivity contribution < 1.29 is 14.3 Å². The van der Waals surface area contributed by atoms with Crippen LogP contribution in [0.4, 0.5) is 0 Å². The summed E-state index contributed by atoms with van der Waals surface area (Å²) in [5.74, 6) is -0.311. The number of ether oxygens (including phenoxy) is 1. The predicted octanol–water partition coefficient (Wildman–Crippen LogP) is 0.707. The van der Waals surface area contributed by atoms with Crippen LogP contribution in [0.2, 0.25) is 0 Å². The average Bonchev–Trinajstić information content (AvgIpc) is 2.63. The van der Waals surface area contributed by atoms with Crippen molar-refractivity contribution in [2.45, 2.75) is 6.92 Å². The molecular formula is C10H9NO3Se. The summed E-state index contributed by atoms with van der Waals surface area (Å²) in [4.78, 5) is 11.4. The van der Waals surface area contributed by atoms with Crippen molar-refractivity contribution in [1.29, 1.82) is 0 Å². The molecule has 2 aromatic heterocycles. The Labute approximate surface area is 92.4 Å². The minimum atomic E-state index is -0.311. The van der Waals surface area contributed by atoms with Crippen molar-refractivity contribution in [1.82, 2.24) is 0 Å². The van der Waals surface area contributed by atoms with Crippen LogP contribution in [-0.2, 0) is 4.74 Å². The van der Waals surface area contributed by atoms with E-state index < -0.39 is 0 Å². The fourth-order valence-electron chi connectivity index (χ4n) is 1.28. The molecule has 0 saturated carbocycles. The van der Waals surface area contributed by atoms with Gasteiger partial charge in [0.25, 0.3) is 0 Å². The summed E-state index contributed by atoms with van der Waals surface area (Å²) in [7, 11) is 0. The number of nitrogens with zero attached hydrogens (tertiary/aromatic N) is 1. The van der Waals surface area contributed by atoms with Crippen molar-refractivity contribution in [3.05, 3.63) is 34.0 Å². The normalized spacial score (nSPS) is 10.5. The summed E-state index contributed by atoms with van der Waals surface area (Å²) in [5, 5.41) is 12.2. The summed E-state index contributed by atoms with van der Waals surface area (Å²) in [6, 6.07) is 5.24. The molecule has 0 aromatic carbocycles. The fraction of sp³-hybridized carbons (Fsp3) is 0.200. The van der Waals surface area contributed by atoms with Crippen LogP contribution in [0.3, 0.4) is 0 Å². The molecule has 78 valence electrons. The van der Waals surface area contributed by atoms with E-state index in [4.69, 9.17) is 4.74 Å². The maximum atomic E-state index is 11.4. The van der Waals surface area contributed by atoms with Crippen LogP contribution in [0.25, 0.3) is 9.78 Å². The Kier molecular flexibility index (Phi) is 2.75. The topological polar surface area (TPSA) is 53.2 Å². The van der Waals surface area contributed by atoms with Crippen LogP contribution in [0, 0.1) is 5.21 Å². The molecule has 0 radical (unpaired) electrons. The van der Waals surface area contributed by atoms with E-state index in [2.05, 4.69) is 0 Å². The summed E-state index contributed by atoms with van der Waals surface area (Å²) < 4.78 is 6.99. The fourth-order valence-corrected chi connectivity index (χ4v) is 3.24. The monoisotopic (exact) mass is 271 g/mol. The van der Waals surface area contributed by atoms with E-state index >= 15 is 0 Å². The van der Waals surface area contributed by atoms with Gasteiger partial charge < -0.3 is 0 Å². The first kappa shape index (κ1) is 10.2. The van der Waals surface area contributed by atoms with Crippen LogP contribution in [0.5, 0.6) is 0 Å². The molecule has 2 heterocycles. The van der Waals surface area contributed by atoms with E-state index in [1.807, 2.05) is 6.07 Å². The SMILES string of the molecule is CCOC(=O)c1cc2ccc[n+]([O-])c2[se]1. The number of rotatable bonds is 2. The van der Waals surface area contributed by atoms with Gasteiger partial charge in [0, 0.05) is 0 Å². The Bertz CT molecular complexity index is 506. The van der Waals surface area contributed by atoms with E-state index in [9.17, 15) is 10.0 Å². The molecule has 2 aromatic rings. The Morgan fingerprint density at radius 2 is 2.47 bits per heavy atom. The molecule has 0 amide bonds. The third-order valence-electron chi connectivity index (χ3n) is 1.91. The zero-order valence-corrected chi connectivity index (χ0v) is 9.81. The van der Waals surface area contributed by atoms with E-state index in [0.717, 1.165) is 10.1 Å². The van der Waals surface area contributed by atoms with Gasteiger partial charge in [0.2, 0.25) is 0 Å². The molecule has 0 aliphatic heterocycles. The minimum absolute atomic E-state index is 0.232. The Morgan fingerprint density at radius 3 is 3.13 bits per heavy atom. The number of hydrogen-bond donors (Lipinski definition) is 0. The van der Waals surface area contributed by atoms with Crippen LogP contribution >= 0.6 is 0 Å². The first-order valence-corrected chi connectivity index (χ1v) is 6.22. The molecule has 0 unspecified atom stereocenters. The van der Waals surface area contributed by atoms with Gasteiger partial charge in [0.15, 0.2) is 0 Å². The Balaban J connectivity index is 2.47. The zero-order chi connectivity index (χ0) is 10.8. The van der Waals surface area contributed by atoms with Crippen molar-refractivity contribution in [3.63, 3.8) is 0 Å². The molecule has 0 fully saturated rings. The molecular weight excluding hydrogens is 261 g/mol. The first-order valence-electron chi connectivity index (χ1n) is 4.51. The molecule has 0 aliphatic carbocycles. The van der Waals surface area contributed by atoms with Crippen molar-refractivity contribution in [3.8, 4) is 0 Å². The van der Waals surface area contributed by atoms with Crippen LogP contribution in [0.1, 0.15) is 16.2 Å². The van der Waals surface area contributed by atoms with E-state index in [0.29, 0.717) is 15.4 Å². The number of carbonyl (C=O) groups is 1. The molecule has 15 heavy (non-hydrogen) atoms. The van der Waals surface area contributed by atoms with Gasteiger partial charge in [-0.15, -0.1) is 0 Å². The average molecular weight is 270 g/mol. The van der Waals surface area contributed by atoms with Crippen LogP contribution in [0.15, 0.2) is 24.4 Å². The summed E-state index contributed by atoms with van der Waals surface area (Å²) in [6.45, 7) is 2.13. The Morgan fingerprint density at radius 1 is 1.67 bits per heavy atom. The molecule has 0 spiro atoms. The number of esters is 1. The molecule has 0 aliphatic rings. The molecule has 4 nitrogen and oxygen atoms in total. The van der Waals surface area contributed by atoms with Gasteiger partial charge in [-0.05, 0) is 0 Å². The van der Waals surface area contributed by atoms with Crippen LogP contribution < -0.4 is 4.73 Å². The van der Waals surface area contributed by atoms with Crippen molar-refractivity contribution in [2.24, 2.45) is 0 Å². The maximum absolute atomic E-state index is 11.4. The number of pyridine rings is 1. The van der Waals surface area contributed by atoms with Gasteiger partial charge in [0.05, 0.1) is 0 Å². The first-order chi connectivity index (χ1) is 7.22. The summed E-state index contributed by atoms with van der Waals surface area (Å²) in [6.07, 6.45) is 1.45. The molecule has 0 bridgehead atoms. The van der Waals surface area contributed by atoms with Gasteiger partial charge in [-0.1, -0.05) is 0 Å². The third-order valence-corrected chi connectivity index (χ3v) is 4.25. The van der Waals surface area contributed by atoms with E-state index in [1.165, 1.54) is 6.20 Å². The molecule has 0 atom stereocenters. The number of hydrogen-bond acceptors (Lipinski definition) is 3. The Hall–Kier alpha value is -1.32. The van der Waals surface area contributed by atoms with Crippen molar-refractivity contribution >= 4 is 30.2 Å². The standard InChI is InChI=1S/C10H9NO3Se/c1-2-14-10(12)8-6-7-4-3-5-11(13)9(7)15-8/h3-6H,2H2,1H3. The second kappa shape index (κ2) is 4.04. The van der Waals surface area contributed by atoms with Gasteiger partial charge in [0.1, 0.15) is 0 Å². The second-order valence-electron chi connectivity index (χ2n) is 2.93. The molecule has 2 rings (SSSR count). The summed E-state index contributed by atoms with van der Waals surface area (Å²) >= 11 is -0.232. The molecule has 0 saturated heterocycles. The number of aromatic nitrogens is 1. The number of fused-ring (bicyclic) bond motifs is 1.